The van der Waals surface area contributed by atoms with E-state index in [-0.39, 0.29) is 12.1 Å². The average Bonchev–Trinajstić information content (AvgIpc) is 3.35. The van der Waals surface area contributed by atoms with Gasteiger partial charge < -0.3 is 15.6 Å². The van der Waals surface area contributed by atoms with Crippen LogP contribution in [0.15, 0.2) is 61.1 Å². The molecular formula is C23H25N5O. The number of H-pyrrole nitrogens is 1. The quantitative estimate of drug-likeness (QED) is 0.445. The number of rotatable bonds is 5. The van der Waals surface area contributed by atoms with Crippen molar-refractivity contribution >= 4 is 22.6 Å². The highest BCUT2D eigenvalue weighted by Gasteiger charge is 2.11. The number of aryl methyl sites for hydroxylation is 1. The molecule has 0 aliphatic carbocycles. The molecule has 2 amide bonds. The van der Waals surface area contributed by atoms with Crippen molar-refractivity contribution < 1.29 is 4.79 Å². The number of carbonyl (C=O) groups excluding carboxylic acids is 1. The number of benzene rings is 2. The predicted molar refractivity (Wildman–Crippen MR) is 118 cm³/mol. The van der Waals surface area contributed by atoms with Gasteiger partial charge in [-0.05, 0) is 55.7 Å². The molecule has 0 unspecified atom stereocenters. The first-order valence-electron chi connectivity index (χ1n) is 9.86. The number of urea groups is 1. The molecule has 0 spiro atoms. The largest absolute Gasteiger partial charge is 0.359 e. The number of aromatic amines is 1. The number of hydrogen-bond acceptors (Lipinski definition) is 2. The number of nitrogens with one attached hydrogen (secondary N) is 3. The van der Waals surface area contributed by atoms with E-state index in [1.54, 1.807) is 0 Å². The van der Waals surface area contributed by atoms with E-state index >= 15 is 0 Å². The summed E-state index contributed by atoms with van der Waals surface area (Å²) in [5.74, 6) is 0. The minimum Gasteiger partial charge on any atom is -0.359 e. The van der Waals surface area contributed by atoms with Crippen molar-refractivity contribution in [3.63, 3.8) is 0 Å². The Morgan fingerprint density at radius 2 is 1.93 bits per heavy atom. The molecule has 2 aromatic carbocycles. The maximum absolute atomic E-state index is 12.1. The van der Waals surface area contributed by atoms with Crippen LogP contribution in [-0.2, 0) is 6.42 Å². The highest BCUT2D eigenvalue weighted by molar-refractivity contribution is 6.02. The van der Waals surface area contributed by atoms with Crippen LogP contribution >= 0.6 is 0 Å². The van der Waals surface area contributed by atoms with Gasteiger partial charge in [0, 0.05) is 34.9 Å². The van der Waals surface area contributed by atoms with Crippen LogP contribution in [0, 0.1) is 0 Å². The van der Waals surface area contributed by atoms with Gasteiger partial charge in [0.25, 0.3) is 0 Å². The number of carbonyl (C=O) groups is 1. The molecule has 0 fully saturated rings. The van der Waals surface area contributed by atoms with Crippen molar-refractivity contribution in [1.29, 1.82) is 0 Å². The molecule has 0 aliphatic heterocycles. The van der Waals surface area contributed by atoms with Gasteiger partial charge in [-0.2, -0.15) is 5.10 Å². The minimum atomic E-state index is -0.213. The van der Waals surface area contributed by atoms with Crippen LogP contribution in [0.1, 0.15) is 26.3 Å². The lowest BCUT2D eigenvalue weighted by atomic mass is 10.1. The van der Waals surface area contributed by atoms with Crippen molar-refractivity contribution in [2.24, 2.45) is 0 Å². The second kappa shape index (κ2) is 7.83. The fourth-order valence-electron chi connectivity index (χ4n) is 3.32. The van der Waals surface area contributed by atoms with Gasteiger partial charge in [-0.25, -0.2) is 9.48 Å². The number of fused-ring (bicyclic) bond motifs is 1. The van der Waals surface area contributed by atoms with E-state index in [1.807, 2.05) is 43.2 Å². The predicted octanol–water partition coefficient (Wildman–Crippen LogP) is 5.11. The average molecular weight is 387 g/mol. The van der Waals surface area contributed by atoms with Gasteiger partial charge in [0.05, 0.1) is 17.6 Å². The van der Waals surface area contributed by atoms with Gasteiger partial charge in [-0.15, -0.1) is 0 Å². The molecule has 2 heterocycles. The van der Waals surface area contributed by atoms with Gasteiger partial charge in [0.15, 0.2) is 0 Å². The summed E-state index contributed by atoms with van der Waals surface area (Å²) in [4.78, 5) is 15.3. The third kappa shape index (κ3) is 4.01. The summed E-state index contributed by atoms with van der Waals surface area (Å²) in [6, 6.07) is 14.4. The molecule has 6 heteroatoms. The molecule has 0 aliphatic rings. The molecule has 0 saturated heterocycles. The zero-order chi connectivity index (χ0) is 20.4. The first-order valence-corrected chi connectivity index (χ1v) is 9.86. The summed E-state index contributed by atoms with van der Waals surface area (Å²) >= 11 is 0. The lowest BCUT2D eigenvalue weighted by Gasteiger charge is -2.09. The summed E-state index contributed by atoms with van der Waals surface area (Å²) in [5.41, 5.74) is 6.12. The van der Waals surface area contributed by atoms with Crippen LogP contribution in [-0.4, -0.2) is 26.8 Å². The normalized spacial score (nSPS) is 11.2. The molecule has 0 bridgehead atoms. The maximum atomic E-state index is 12.1. The van der Waals surface area contributed by atoms with E-state index < -0.39 is 0 Å². The standard InChI is InChI=1S/C23H25N5O/c1-4-16-5-8-19(9-6-16)28-14-18(12-25-28)17-7-10-21-20(11-17)22(13-24-21)27-23(29)26-15(2)3/h5-15,24H,4H2,1-3H3,(H2,26,27,29). The molecule has 6 nitrogen and oxygen atoms in total. The number of hydrogen-bond donors (Lipinski definition) is 3. The number of amides is 2. The Labute approximate surface area is 169 Å². The van der Waals surface area contributed by atoms with Crippen LogP contribution in [0.5, 0.6) is 0 Å². The molecule has 4 rings (SSSR count). The summed E-state index contributed by atoms with van der Waals surface area (Å²) < 4.78 is 1.88. The molecule has 0 radical (unpaired) electrons. The van der Waals surface area contributed by atoms with E-state index in [1.165, 1.54) is 5.56 Å². The SMILES string of the molecule is CCc1ccc(-n2cc(-c3ccc4[nH]cc(NC(=O)NC(C)C)c4c3)cn2)cc1. The first kappa shape index (κ1) is 18.8. The molecule has 148 valence electrons. The van der Waals surface area contributed by atoms with Gasteiger partial charge in [-0.3, -0.25) is 0 Å². The van der Waals surface area contributed by atoms with Crippen molar-refractivity contribution in [2.45, 2.75) is 33.2 Å². The lowest BCUT2D eigenvalue weighted by molar-refractivity contribution is 0.250. The minimum absolute atomic E-state index is 0.0768. The summed E-state index contributed by atoms with van der Waals surface area (Å²) in [5, 5.41) is 11.2. The second-order valence-electron chi connectivity index (χ2n) is 7.41. The van der Waals surface area contributed by atoms with Crippen LogP contribution in [0.4, 0.5) is 10.5 Å². The molecule has 0 saturated carbocycles. The third-order valence-electron chi connectivity index (χ3n) is 4.87. The van der Waals surface area contributed by atoms with Crippen LogP contribution in [0.3, 0.4) is 0 Å². The molecule has 3 N–H and O–H groups in total. The third-order valence-corrected chi connectivity index (χ3v) is 4.87. The number of anilines is 1. The molecular weight excluding hydrogens is 362 g/mol. The Morgan fingerprint density at radius 3 is 2.66 bits per heavy atom. The monoisotopic (exact) mass is 387 g/mol. The highest BCUT2D eigenvalue weighted by atomic mass is 16.2. The van der Waals surface area contributed by atoms with Crippen LogP contribution < -0.4 is 10.6 Å². The van der Waals surface area contributed by atoms with Crippen LogP contribution in [0.2, 0.25) is 0 Å². The van der Waals surface area contributed by atoms with Gasteiger partial charge in [0.1, 0.15) is 0 Å². The fraction of sp³-hybridized carbons (Fsp3) is 0.217. The van der Waals surface area contributed by atoms with Crippen molar-refractivity contribution in [1.82, 2.24) is 20.1 Å². The van der Waals surface area contributed by atoms with E-state index in [0.29, 0.717) is 0 Å². The zero-order valence-electron chi connectivity index (χ0n) is 16.9. The number of aromatic nitrogens is 3. The highest BCUT2D eigenvalue weighted by Crippen LogP contribution is 2.29. The zero-order valence-corrected chi connectivity index (χ0v) is 16.9. The van der Waals surface area contributed by atoms with E-state index in [0.717, 1.165) is 39.8 Å². The maximum Gasteiger partial charge on any atom is 0.319 e. The number of nitrogens with zero attached hydrogens (tertiary/aromatic N) is 2. The summed E-state index contributed by atoms with van der Waals surface area (Å²) in [6.07, 6.45) is 6.72. The topological polar surface area (TPSA) is 74.7 Å². The van der Waals surface area contributed by atoms with Crippen molar-refractivity contribution in [3.8, 4) is 16.8 Å². The Bertz CT molecular complexity index is 1140. The summed E-state index contributed by atoms with van der Waals surface area (Å²) in [6.45, 7) is 6.01. The van der Waals surface area contributed by atoms with Gasteiger partial charge in [-0.1, -0.05) is 25.1 Å². The first-order chi connectivity index (χ1) is 14.0. The smallest absolute Gasteiger partial charge is 0.319 e. The fourth-order valence-corrected chi connectivity index (χ4v) is 3.32. The molecule has 4 aromatic rings. The lowest BCUT2D eigenvalue weighted by Crippen LogP contribution is -2.34. The van der Waals surface area contributed by atoms with E-state index in [2.05, 4.69) is 64.0 Å². The Balaban J connectivity index is 1.62. The van der Waals surface area contributed by atoms with Crippen molar-refractivity contribution in [3.05, 3.63) is 66.6 Å². The Kier molecular flexibility index (Phi) is 5.08. The van der Waals surface area contributed by atoms with Gasteiger partial charge in [0.2, 0.25) is 0 Å². The Hall–Kier alpha value is -3.54. The van der Waals surface area contributed by atoms with E-state index in [4.69, 9.17) is 0 Å². The summed E-state index contributed by atoms with van der Waals surface area (Å²) in [7, 11) is 0. The van der Waals surface area contributed by atoms with Crippen molar-refractivity contribution in [2.75, 3.05) is 5.32 Å². The molecule has 29 heavy (non-hydrogen) atoms. The molecule has 0 atom stereocenters. The van der Waals surface area contributed by atoms with E-state index in [9.17, 15) is 4.79 Å². The molecule has 2 aromatic heterocycles. The second-order valence-corrected chi connectivity index (χ2v) is 7.41. The van der Waals surface area contributed by atoms with Gasteiger partial charge >= 0.3 is 6.03 Å². The Morgan fingerprint density at radius 1 is 1.14 bits per heavy atom. The van der Waals surface area contributed by atoms with Crippen LogP contribution in [0.25, 0.3) is 27.7 Å².